The van der Waals surface area contributed by atoms with Gasteiger partial charge in [-0.3, -0.25) is 0 Å². The van der Waals surface area contributed by atoms with Crippen molar-refractivity contribution in [3.8, 4) is 11.5 Å². The maximum Gasteiger partial charge on any atom is 0.204 e. The van der Waals surface area contributed by atoms with E-state index in [0.717, 1.165) is 25.2 Å². The molecule has 0 heterocycles. The van der Waals surface area contributed by atoms with Crippen LogP contribution in [0.25, 0.3) is 0 Å². The number of hydrogen-bond donors (Lipinski definition) is 0. The molecule has 0 aromatic heterocycles. The molecule has 0 atom stereocenters. The maximum absolute atomic E-state index is 14.0. The summed E-state index contributed by atoms with van der Waals surface area (Å²) in [6.45, 7) is 4.97. The van der Waals surface area contributed by atoms with Crippen LogP contribution >= 0.6 is 0 Å². The van der Waals surface area contributed by atoms with Gasteiger partial charge in [0.05, 0.1) is 13.2 Å². The molecular formula is C18H26F2O2. The number of halogens is 2. The van der Waals surface area contributed by atoms with E-state index >= 15 is 0 Å². The molecule has 0 N–H and O–H groups in total. The van der Waals surface area contributed by atoms with Crippen molar-refractivity contribution in [3.63, 3.8) is 0 Å². The van der Waals surface area contributed by atoms with Crippen LogP contribution < -0.4 is 9.47 Å². The first-order valence-electron chi connectivity index (χ1n) is 8.39. The topological polar surface area (TPSA) is 18.5 Å². The summed E-state index contributed by atoms with van der Waals surface area (Å²) in [5.41, 5.74) is 0. The second kappa shape index (κ2) is 8.35. The molecule has 1 fully saturated rings. The Morgan fingerprint density at radius 3 is 2.00 bits per heavy atom. The fourth-order valence-corrected chi connectivity index (χ4v) is 2.96. The monoisotopic (exact) mass is 312 g/mol. The van der Waals surface area contributed by atoms with E-state index in [4.69, 9.17) is 9.47 Å². The molecule has 2 rings (SSSR count). The van der Waals surface area contributed by atoms with E-state index in [1.165, 1.54) is 31.4 Å². The average molecular weight is 312 g/mol. The normalized spacial score (nSPS) is 21.6. The summed E-state index contributed by atoms with van der Waals surface area (Å²) in [7, 11) is 0. The van der Waals surface area contributed by atoms with E-state index in [0.29, 0.717) is 19.1 Å². The molecule has 1 aliphatic carbocycles. The molecule has 0 radical (unpaired) electrons. The second-order valence-electron chi connectivity index (χ2n) is 6.14. The Morgan fingerprint density at radius 2 is 1.45 bits per heavy atom. The van der Waals surface area contributed by atoms with Gasteiger partial charge in [0.1, 0.15) is 0 Å². The van der Waals surface area contributed by atoms with Crippen LogP contribution in [-0.4, -0.2) is 13.2 Å². The largest absolute Gasteiger partial charge is 0.490 e. The lowest BCUT2D eigenvalue weighted by atomic mass is 9.81. The average Bonchev–Trinajstić information content (AvgIpc) is 2.56. The van der Waals surface area contributed by atoms with Gasteiger partial charge >= 0.3 is 0 Å². The van der Waals surface area contributed by atoms with Gasteiger partial charge in [-0.25, -0.2) is 0 Å². The van der Waals surface area contributed by atoms with Crippen LogP contribution in [0.5, 0.6) is 11.5 Å². The first kappa shape index (κ1) is 17.0. The van der Waals surface area contributed by atoms with E-state index < -0.39 is 11.6 Å². The lowest BCUT2D eigenvalue weighted by Crippen LogP contribution is -2.20. The summed E-state index contributed by atoms with van der Waals surface area (Å²) >= 11 is 0. The predicted molar refractivity (Wildman–Crippen MR) is 83.4 cm³/mol. The van der Waals surface area contributed by atoms with E-state index in [1.54, 1.807) is 0 Å². The fraction of sp³-hybridized carbons (Fsp3) is 0.667. The molecule has 1 aromatic carbocycles. The summed E-state index contributed by atoms with van der Waals surface area (Å²) in [6.07, 6.45) is 6.63. The second-order valence-corrected chi connectivity index (χ2v) is 6.14. The van der Waals surface area contributed by atoms with Crippen molar-refractivity contribution < 1.29 is 18.3 Å². The van der Waals surface area contributed by atoms with Crippen LogP contribution in [0.15, 0.2) is 12.1 Å². The minimum absolute atomic E-state index is 0.0148. The molecule has 22 heavy (non-hydrogen) atoms. The molecule has 0 aliphatic heterocycles. The smallest absolute Gasteiger partial charge is 0.204 e. The number of ether oxygens (including phenoxy) is 2. The zero-order valence-corrected chi connectivity index (χ0v) is 13.5. The molecule has 0 saturated heterocycles. The van der Waals surface area contributed by atoms with Crippen LogP contribution in [0.4, 0.5) is 8.78 Å². The van der Waals surface area contributed by atoms with Gasteiger partial charge in [-0.05, 0) is 43.2 Å². The molecule has 0 unspecified atom stereocenters. The Kier molecular flexibility index (Phi) is 6.47. The van der Waals surface area contributed by atoms with Crippen molar-refractivity contribution in [3.05, 3.63) is 23.8 Å². The van der Waals surface area contributed by atoms with Crippen LogP contribution in [-0.2, 0) is 0 Å². The predicted octanol–water partition coefficient (Wildman–Crippen LogP) is 5.35. The molecular weight excluding hydrogens is 286 g/mol. The molecule has 0 spiro atoms. The molecule has 0 bridgehead atoms. The zero-order valence-electron chi connectivity index (χ0n) is 13.5. The Hall–Kier alpha value is -1.32. The first-order valence-corrected chi connectivity index (χ1v) is 8.39. The summed E-state index contributed by atoms with van der Waals surface area (Å²) in [5, 5.41) is 0. The van der Waals surface area contributed by atoms with Gasteiger partial charge < -0.3 is 9.47 Å². The van der Waals surface area contributed by atoms with Crippen LogP contribution in [0.1, 0.15) is 52.4 Å². The number of rotatable bonds is 7. The van der Waals surface area contributed by atoms with Crippen molar-refractivity contribution in [2.75, 3.05) is 13.2 Å². The van der Waals surface area contributed by atoms with E-state index in [-0.39, 0.29) is 11.5 Å². The highest BCUT2D eigenvalue weighted by molar-refractivity contribution is 5.35. The maximum atomic E-state index is 14.0. The molecule has 4 heteroatoms. The van der Waals surface area contributed by atoms with Crippen molar-refractivity contribution >= 4 is 0 Å². The highest BCUT2D eigenvalue weighted by Gasteiger charge is 2.22. The summed E-state index contributed by atoms with van der Waals surface area (Å²) in [6, 6.07) is 2.90. The highest BCUT2D eigenvalue weighted by atomic mass is 19.2. The van der Waals surface area contributed by atoms with E-state index in [2.05, 4.69) is 6.92 Å². The lowest BCUT2D eigenvalue weighted by molar-refractivity contribution is 0.175. The first-order chi connectivity index (χ1) is 10.7. The van der Waals surface area contributed by atoms with Crippen LogP contribution in [0.2, 0.25) is 0 Å². The Labute approximate surface area is 131 Å². The van der Waals surface area contributed by atoms with Gasteiger partial charge in [-0.1, -0.05) is 33.1 Å². The molecule has 1 aromatic rings. The summed E-state index contributed by atoms with van der Waals surface area (Å²) in [4.78, 5) is 0. The standard InChI is InChI=1S/C18H26F2O2/c1-3-11-21-15-9-10-16(18(20)17(15)19)22-12-14-7-5-13(4-2)6-8-14/h9-10,13-14H,3-8,11-12H2,1-2H3. The van der Waals surface area contributed by atoms with Crippen molar-refractivity contribution in [2.24, 2.45) is 11.8 Å². The van der Waals surface area contributed by atoms with Gasteiger partial charge in [-0.15, -0.1) is 0 Å². The van der Waals surface area contributed by atoms with Gasteiger partial charge in [0.25, 0.3) is 0 Å². The Bertz CT molecular complexity index is 468. The van der Waals surface area contributed by atoms with Crippen molar-refractivity contribution in [1.82, 2.24) is 0 Å². The third-order valence-electron chi connectivity index (χ3n) is 4.49. The minimum atomic E-state index is -0.958. The fourth-order valence-electron chi connectivity index (χ4n) is 2.96. The van der Waals surface area contributed by atoms with Gasteiger partial charge in [0.2, 0.25) is 11.6 Å². The third kappa shape index (κ3) is 4.34. The molecule has 124 valence electrons. The Balaban J connectivity index is 1.89. The molecule has 1 saturated carbocycles. The number of benzene rings is 1. The lowest BCUT2D eigenvalue weighted by Gasteiger charge is -2.27. The highest BCUT2D eigenvalue weighted by Crippen LogP contribution is 2.32. The van der Waals surface area contributed by atoms with Gasteiger partial charge in [-0.2, -0.15) is 8.78 Å². The number of hydrogen-bond acceptors (Lipinski definition) is 2. The quantitative estimate of drug-likeness (QED) is 0.676. The summed E-state index contributed by atoms with van der Waals surface area (Å²) in [5.74, 6) is -0.702. The summed E-state index contributed by atoms with van der Waals surface area (Å²) < 4.78 is 38.5. The van der Waals surface area contributed by atoms with E-state index in [1.807, 2.05) is 6.92 Å². The van der Waals surface area contributed by atoms with E-state index in [9.17, 15) is 8.78 Å². The van der Waals surface area contributed by atoms with Gasteiger partial charge in [0, 0.05) is 0 Å². The third-order valence-corrected chi connectivity index (χ3v) is 4.49. The minimum Gasteiger partial charge on any atom is -0.490 e. The Morgan fingerprint density at radius 1 is 0.909 bits per heavy atom. The van der Waals surface area contributed by atoms with Crippen LogP contribution in [0, 0.1) is 23.5 Å². The van der Waals surface area contributed by atoms with Crippen molar-refractivity contribution in [2.45, 2.75) is 52.4 Å². The molecule has 0 amide bonds. The van der Waals surface area contributed by atoms with Crippen LogP contribution in [0.3, 0.4) is 0 Å². The molecule has 2 nitrogen and oxygen atoms in total. The SMILES string of the molecule is CCCOc1ccc(OCC2CCC(CC)CC2)c(F)c1F. The van der Waals surface area contributed by atoms with Gasteiger partial charge in [0.15, 0.2) is 11.5 Å². The molecule has 1 aliphatic rings. The zero-order chi connectivity index (χ0) is 15.9. The van der Waals surface area contributed by atoms with Crippen molar-refractivity contribution in [1.29, 1.82) is 0 Å².